The minimum Gasteiger partial charge on any atom is -0.483 e. The van der Waals surface area contributed by atoms with Crippen molar-refractivity contribution in [2.24, 2.45) is 0 Å². The first-order valence-corrected chi connectivity index (χ1v) is 10.3. The van der Waals surface area contributed by atoms with Crippen LogP contribution in [-0.2, 0) is 10.4 Å². The summed E-state index contributed by atoms with van der Waals surface area (Å²) in [6, 6.07) is 16.1. The number of nitriles is 1. The second-order valence-corrected chi connectivity index (χ2v) is 8.10. The van der Waals surface area contributed by atoms with E-state index in [1.54, 1.807) is 38.1 Å². The van der Waals surface area contributed by atoms with Crippen molar-refractivity contribution >= 4 is 22.7 Å². The number of oxazole rings is 1. The lowest BCUT2D eigenvalue weighted by Gasteiger charge is -2.17. The van der Waals surface area contributed by atoms with Crippen LogP contribution in [-0.4, -0.2) is 27.6 Å². The van der Waals surface area contributed by atoms with Crippen LogP contribution in [0.1, 0.15) is 30.5 Å². The lowest BCUT2D eigenvalue weighted by Crippen LogP contribution is -2.20. The number of ether oxygens (including phenoxy) is 1. The molecule has 8 nitrogen and oxygen atoms in total. The fourth-order valence-electron chi connectivity index (χ4n) is 3.31. The molecule has 2 heterocycles. The minimum absolute atomic E-state index is 0.126. The molecule has 0 spiro atoms. The molecule has 0 aliphatic rings. The van der Waals surface area contributed by atoms with Crippen LogP contribution in [0.25, 0.3) is 22.7 Å². The summed E-state index contributed by atoms with van der Waals surface area (Å²) in [5.74, 6) is 0.585. The fraction of sp³-hybridized carbons (Fsp3) is 0.200. The van der Waals surface area contributed by atoms with Crippen molar-refractivity contribution in [1.82, 2.24) is 9.97 Å². The van der Waals surface area contributed by atoms with Gasteiger partial charge in [-0.05, 0) is 56.7 Å². The molecule has 2 aromatic carbocycles. The van der Waals surface area contributed by atoms with Gasteiger partial charge in [0, 0.05) is 5.56 Å². The summed E-state index contributed by atoms with van der Waals surface area (Å²) in [6.07, 6.45) is 1.49. The van der Waals surface area contributed by atoms with Crippen molar-refractivity contribution < 1.29 is 19.1 Å². The third-order valence-corrected chi connectivity index (χ3v) is 5.00. The highest BCUT2D eigenvalue weighted by molar-refractivity contribution is 5.91. The molecule has 8 heteroatoms. The standard InChI is InChI=1S/C25H22N4O4/c1-15-6-4-5-7-21(15)32-14-22(30)28-17-8-9-19(27-13-17)24-29-20-11-16(12-26)10-18(23(20)33-24)25(2,3)31/h4-11,13,31H,14H2,1-3H3,(H,28,30). The van der Waals surface area contributed by atoms with E-state index in [9.17, 15) is 15.2 Å². The van der Waals surface area contributed by atoms with Crippen LogP contribution in [0.4, 0.5) is 5.69 Å². The van der Waals surface area contributed by atoms with Gasteiger partial charge in [0.15, 0.2) is 12.2 Å². The van der Waals surface area contributed by atoms with Gasteiger partial charge in [-0.3, -0.25) is 4.79 Å². The quantitative estimate of drug-likeness (QED) is 0.456. The molecule has 4 aromatic rings. The maximum Gasteiger partial charge on any atom is 0.262 e. The fourth-order valence-corrected chi connectivity index (χ4v) is 3.31. The zero-order chi connectivity index (χ0) is 23.6. The number of pyridine rings is 1. The Kier molecular flexibility index (Phi) is 5.82. The first-order chi connectivity index (χ1) is 15.7. The number of carbonyl (C=O) groups is 1. The van der Waals surface area contributed by atoms with Crippen LogP contribution in [0.3, 0.4) is 0 Å². The van der Waals surface area contributed by atoms with Gasteiger partial charge in [-0.2, -0.15) is 5.26 Å². The molecular formula is C25H22N4O4. The predicted octanol–water partition coefficient (Wildman–Crippen LogP) is 4.31. The smallest absolute Gasteiger partial charge is 0.262 e. The number of nitrogens with zero attached hydrogens (tertiary/aromatic N) is 3. The van der Waals surface area contributed by atoms with E-state index in [1.165, 1.54) is 6.20 Å². The molecule has 0 unspecified atom stereocenters. The highest BCUT2D eigenvalue weighted by Gasteiger charge is 2.24. The number of rotatable bonds is 6. The van der Waals surface area contributed by atoms with Gasteiger partial charge in [0.25, 0.3) is 5.91 Å². The molecule has 33 heavy (non-hydrogen) atoms. The van der Waals surface area contributed by atoms with Gasteiger partial charge in [-0.15, -0.1) is 0 Å². The zero-order valence-electron chi connectivity index (χ0n) is 18.4. The van der Waals surface area contributed by atoms with Gasteiger partial charge < -0.3 is 19.6 Å². The van der Waals surface area contributed by atoms with Crippen LogP contribution >= 0.6 is 0 Å². The molecule has 0 aliphatic heterocycles. The van der Waals surface area contributed by atoms with Crippen molar-refractivity contribution in [2.45, 2.75) is 26.4 Å². The molecule has 0 radical (unpaired) electrons. The summed E-state index contributed by atoms with van der Waals surface area (Å²) in [7, 11) is 0. The summed E-state index contributed by atoms with van der Waals surface area (Å²) < 4.78 is 11.4. The van der Waals surface area contributed by atoms with Crippen molar-refractivity contribution in [3.63, 3.8) is 0 Å². The molecule has 2 aromatic heterocycles. The van der Waals surface area contributed by atoms with E-state index in [4.69, 9.17) is 9.15 Å². The number of anilines is 1. The number of aromatic nitrogens is 2. The maximum absolute atomic E-state index is 12.2. The number of hydrogen-bond acceptors (Lipinski definition) is 7. The van der Waals surface area contributed by atoms with E-state index < -0.39 is 5.60 Å². The summed E-state index contributed by atoms with van der Waals surface area (Å²) in [5.41, 5.74) is 2.36. The Morgan fingerprint density at radius 2 is 2.03 bits per heavy atom. The van der Waals surface area contributed by atoms with Crippen LogP contribution in [0.15, 0.2) is 59.1 Å². The predicted molar refractivity (Wildman–Crippen MR) is 123 cm³/mol. The SMILES string of the molecule is Cc1ccccc1OCC(=O)Nc1ccc(-c2nc3cc(C#N)cc(C(C)(C)O)c3o2)nc1. The molecule has 0 saturated heterocycles. The Morgan fingerprint density at radius 3 is 2.70 bits per heavy atom. The van der Waals surface area contributed by atoms with Crippen LogP contribution < -0.4 is 10.1 Å². The second kappa shape index (κ2) is 8.73. The Bertz CT molecular complexity index is 1360. The molecule has 0 atom stereocenters. The van der Waals surface area contributed by atoms with E-state index in [0.29, 0.717) is 39.4 Å². The van der Waals surface area contributed by atoms with Crippen molar-refractivity contribution in [2.75, 3.05) is 11.9 Å². The monoisotopic (exact) mass is 442 g/mol. The third kappa shape index (κ3) is 4.84. The van der Waals surface area contributed by atoms with Crippen molar-refractivity contribution in [1.29, 1.82) is 5.26 Å². The number of amides is 1. The first kappa shape index (κ1) is 22.0. The van der Waals surface area contributed by atoms with E-state index in [1.807, 2.05) is 31.2 Å². The first-order valence-electron chi connectivity index (χ1n) is 10.3. The molecule has 0 fully saturated rings. The number of benzene rings is 2. The van der Waals surface area contributed by atoms with Gasteiger partial charge in [-0.25, -0.2) is 9.97 Å². The zero-order valence-corrected chi connectivity index (χ0v) is 18.4. The van der Waals surface area contributed by atoms with Gasteiger partial charge in [0.1, 0.15) is 17.0 Å². The van der Waals surface area contributed by atoms with E-state index in [-0.39, 0.29) is 18.4 Å². The van der Waals surface area contributed by atoms with E-state index in [2.05, 4.69) is 21.4 Å². The molecule has 4 rings (SSSR count). The Labute approximate surface area is 190 Å². The highest BCUT2D eigenvalue weighted by atomic mass is 16.5. The van der Waals surface area contributed by atoms with Crippen LogP contribution in [0.5, 0.6) is 5.75 Å². The lowest BCUT2D eigenvalue weighted by atomic mass is 9.95. The summed E-state index contributed by atoms with van der Waals surface area (Å²) in [5, 5.41) is 22.5. The number of nitrogens with one attached hydrogen (secondary N) is 1. The molecule has 2 N–H and O–H groups in total. The molecule has 0 aliphatic carbocycles. The summed E-state index contributed by atoms with van der Waals surface area (Å²) in [4.78, 5) is 21.0. The minimum atomic E-state index is -1.22. The second-order valence-electron chi connectivity index (χ2n) is 8.10. The highest BCUT2D eigenvalue weighted by Crippen LogP contribution is 2.33. The molecule has 0 saturated carbocycles. The largest absolute Gasteiger partial charge is 0.483 e. The van der Waals surface area contributed by atoms with E-state index in [0.717, 1.165) is 5.56 Å². The number of para-hydroxylation sites is 1. The van der Waals surface area contributed by atoms with Crippen molar-refractivity contribution in [3.8, 4) is 23.4 Å². The lowest BCUT2D eigenvalue weighted by molar-refractivity contribution is -0.118. The number of aliphatic hydroxyl groups is 1. The average Bonchev–Trinajstić information content (AvgIpc) is 3.21. The average molecular weight is 442 g/mol. The number of carbonyl (C=O) groups excluding carboxylic acids is 1. The Balaban J connectivity index is 1.50. The number of aryl methyl sites for hydroxylation is 1. The molecule has 0 bridgehead atoms. The van der Waals surface area contributed by atoms with Gasteiger partial charge in [0.2, 0.25) is 5.89 Å². The summed E-state index contributed by atoms with van der Waals surface area (Å²) >= 11 is 0. The van der Waals surface area contributed by atoms with Gasteiger partial charge in [-0.1, -0.05) is 18.2 Å². The molecular weight excluding hydrogens is 420 g/mol. The Morgan fingerprint density at radius 1 is 1.24 bits per heavy atom. The normalized spacial score (nSPS) is 11.2. The van der Waals surface area contributed by atoms with Crippen LogP contribution in [0, 0.1) is 18.3 Å². The van der Waals surface area contributed by atoms with Gasteiger partial charge in [0.05, 0.1) is 29.1 Å². The Hall–Kier alpha value is -4.22. The number of fused-ring (bicyclic) bond motifs is 1. The third-order valence-electron chi connectivity index (χ3n) is 5.00. The number of hydrogen-bond donors (Lipinski definition) is 2. The topological polar surface area (TPSA) is 121 Å². The van der Waals surface area contributed by atoms with Crippen molar-refractivity contribution in [3.05, 3.63) is 71.4 Å². The van der Waals surface area contributed by atoms with E-state index >= 15 is 0 Å². The van der Waals surface area contributed by atoms with Gasteiger partial charge >= 0.3 is 0 Å². The molecule has 166 valence electrons. The van der Waals surface area contributed by atoms with Crippen LogP contribution in [0.2, 0.25) is 0 Å². The summed E-state index contributed by atoms with van der Waals surface area (Å²) in [6.45, 7) is 5.01. The molecule has 1 amide bonds. The maximum atomic E-state index is 12.2.